The van der Waals surface area contributed by atoms with Crippen LogP contribution >= 0.6 is 0 Å². The van der Waals surface area contributed by atoms with Crippen molar-refractivity contribution in [1.29, 1.82) is 5.26 Å². The van der Waals surface area contributed by atoms with Gasteiger partial charge in [-0.3, -0.25) is 5.43 Å². The highest BCUT2D eigenvalue weighted by Crippen LogP contribution is 2.26. The Morgan fingerprint density at radius 3 is 1.89 bits per heavy atom. The minimum absolute atomic E-state index is 0.628. The van der Waals surface area contributed by atoms with Crippen LogP contribution in [0.25, 0.3) is 0 Å². The van der Waals surface area contributed by atoms with E-state index < -0.39 is 0 Å². The van der Waals surface area contributed by atoms with Crippen molar-refractivity contribution in [1.82, 2.24) is 5.43 Å². The lowest BCUT2D eigenvalue weighted by Crippen LogP contribution is -2.44. The second-order valence-electron chi connectivity index (χ2n) is 6.52. The van der Waals surface area contributed by atoms with Crippen LogP contribution in [0.5, 0.6) is 0 Å². The first-order valence-electron chi connectivity index (χ1n) is 8.73. The van der Waals surface area contributed by atoms with Crippen molar-refractivity contribution < 1.29 is 0 Å². The van der Waals surface area contributed by atoms with Crippen molar-refractivity contribution in [2.45, 2.75) is 13.8 Å². The van der Waals surface area contributed by atoms with Crippen LogP contribution in [0.2, 0.25) is 0 Å². The highest BCUT2D eigenvalue weighted by molar-refractivity contribution is 6.02. The third-order valence-electron chi connectivity index (χ3n) is 4.43. The summed E-state index contributed by atoms with van der Waals surface area (Å²) < 4.78 is 0. The van der Waals surface area contributed by atoms with Gasteiger partial charge in [0, 0.05) is 5.56 Å². The molecule has 1 aliphatic rings. The van der Waals surface area contributed by atoms with Crippen LogP contribution < -0.4 is 15.7 Å². The minimum atomic E-state index is 0.628. The maximum absolute atomic E-state index is 9.01. The molecule has 3 aromatic carbocycles. The van der Waals surface area contributed by atoms with Crippen LogP contribution in [-0.2, 0) is 0 Å². The number of benzene rings is 3. The van der Waals surface area contributed by atoms with Crippen molar-refractivity contribution in [3.05, 3.63) is 95.1 Å². The minimum Gasteiger partial charge on any atom is -0.259 e. The number of aryl methyl sites for hydroxylation is 2. The molecule has 1 N–H and O–H groups in total. The SMILES string of the molecule is Cc1ccc(N2N=C(c3ccc(C#N)cc3)NN2c2ccc(C)cc2)cc1. The maximum atomic E-state index is 9.01. The number of rotatable bonds is 3. The molecule has 0 atom stereocenters. The van der Waals surface area contributed by atoms with Gasteiger partial charge in [0.25, 0.3) is 0 Å². The highest BCUT2D eigenvalue weighted by atomic mass is 15.9. The number of nitrogens with zero attached hydrogens (tertiary/aromatic N) is 4. The molecule has 0 amide bonds. The summed E-state index contributed by atoms with van der Waals surface area (Å²) in [5.41, 5.74) is 9.25. The van der Waals surface area contributed by atoms with E-state index in [1.807, 2.05) is 34.5 Å². The molecule has 0 fully saturated rings. The number of hydrogen-bond donors (Lipinski definition) is 1. The Morgan fingerprint density at radius 2 is 1.33 bits per heavy atom. The molecule has 1 heterocycles. The number of anilines is 2. The molecular weight excluding hydrogens is 334 g/mol. The predicted molar refractivity (Wildman–Crippen MR) is 108 cm³/mol. The van der Waals surface area contributed by atoms with Crippen LogP contribution in [0.3, 0.4) is 0 Å². The quantitative estimate of drug-likeness (QED) is 0.763. The molecule has 3 aromatic rings. The zero-order valence-electron chi connectivity index (χ0n) is 15.2. The van der Waals surface area contributed by atoms with Gasteiger partial charge >= 0.3 is 0 Å². The Kier molecular flexibility index (Phi) is 4.23. The topological polar surface area (TPSA) is 54.7 Å². The average molecular weight is 353 g/mol. The van der Waals surface area contributed by atoms with Gasteiger partial charge in [0.05, 0.1) is 23.0 Å². The van der Waals surface area contributed by atoms with Crippen LogP contribution in [0, 0.1) is 25.2 Å². The normalized spacial score (nSPS) is 13.1. The standard InChI is InChI=1S/C22H19N5/c1-16-3-11-20(12-4-16)26-24-22(19-9-7-18(15-23)8-10-19)25-27(26)21-13-5-17(2)6-14-21/h3-14H,1-2H3,(H,24,25). The van der Waals surface area contributed by atoms with E-state index in [1.54, 1.807) is 12.1 Å². The van der Waals surface area contributed by atoms with Gasteiger partial charge in [-0.2, -0.15) is 15.5 Å². The Bertz CT molecular complexity index is 1010. The lowest BCUT2D eigenvalue weighted by atomic mass is 10.1. The molecule has 0 aromatic heterocycles. The number of nitriles is 1. The van der Waals surface area contributed by atoms with E-state index in [0.29, 0.717) is 5.56 Å². The number of amidine groups is 1. The van der Waals surface area contributed by atoms with E-state index in [2.05, 4.69) is 61.7 Å². The molecule has 5 nitrogen and oxygen atoms in total. The van der Waals surface area contributed by atoms with Crippen LogP contribution in [0.4, 0.5) is 11.4 Å². The molecule has 1 aliphatic heterocycles. The second kappa shape index (κ2) is 6.85. The van der Waals surface area contributed by atoms with Gasteiger partial charge < -0.3 is 0 Å². The molecule has 4 rings (SSSR count). The van der Waals surface area contributed by atoms with Crippen LogP contribution in [-0.4, -0.2) is 5.84 Å². The van der Waals surface area contributed by atoms with Gasteiger partial charge in [-0.15, -0.1) is 5.10 Å². The number of hydrogen-bond acceptors (Lipinski definition) is 5. The summed E-state index contributed by atoms with van der Waals surface area (Å²) in [6.07, 6.45) is 0. The van der Waals surface area contributed by atoms with E-state index in [9.17, 15) is 0 Å². The van der Waals surface area contributed by atoms with Crippen LogP contribution in [0.1, 0.15) is 22.3 Å². The van der Waals surface area contributed by atoms with Crippen molar-refractivity contribution >= 4 is 17.2 Å². The molecule has 132 valence electrons. The summed E-state index contributed by atoms with van der Waals surface area (Å²) in [6, 6.07) is 26.0. The molecule has 27 heavy (non-hydrogen) atoms. The molecule has 0 bridgehead atoms. The van der Waals surface area contributed by atoms with Gasteiger partial charge in [-0.1, -0.05) is 35.4 Å². The average Bonchev–Trinajstić information content (AvgIpc) is 3.14. The molecule has 0 radical (unpaired) electrons. The van der Waals surface area contributed by atoms with Crippen LogP contribution in [0.15, 0.2) is 77.9 Å². The first kappa shape index (κ1) is 16.7. The van der Waals surface area contributed by atoms with Gasteiger partial charge in [0.2, 0.25) is 0 Å². The smallest absolute Gasteiger partial charge is 0.176 e. The zero-order chi connectivity index (χ0) is 18.8. The third kappa shape index (κ3) is 3.33. The molecule has 5 heteroatoms. The first-order chi connectivity index (χ1) is 13.1. The Balaban J connectivity index is 1.73. The van der Waals surface area contributed by atoms with Crippen molar-refractivity contribution in [2.75, 3.05) is 10.2 Å². The molecular formula is C22H19N5. The van der Waals surface area contributed by atoms with Gasteiger partial charge in [0.15, 0.2) is 5.84 Å². The summed E-state index contributed by atoms with van der Waals surface area (Å²) >= 11 is 0. The zero-order valence-corrected chi connectivity index (χ0v) is 15.2. The van der Waals surface area contributed by atoms with Crippen molar-refractivity contribution in [2.24, 2.45) is 5.10 Å². The lowest BCUT2D eigenvalue weighted by molar-refractivity contribution is 0.770. The van der Waals surface area contributed by atoms with Gasteiger partial charge in [0.1, 0.15) is 0 Å². The predicted octanol–water partition coefficient (Wildman–Crippen LogP) is 4.28. The number of nitrogens with one attached hydrogen (secondary N) is 1. The van der Waals surface area contributed by atoms with E-state index in [0.717, 1.165) is 22.8 Å². The fraction of sp³-hybridized carbons (Fsp3) is 0.0909. The van der Waals surface area contributed by atoms with Crippen molar-refractivity contribution in [3.8, 4) is 6.07 Å². The van der Waals surface area contributed by atoms with Crippen molar-refractivity contribution in [3.63, 3.8) is 0 Å². The molecule has 0 saturated heterocycles. The Hall–Kier alpha value is -3.78. The summed E-state index contributed by atoms with van der Waals surface area (Å²) in [7, 11) is 0. The fourth-order valence-corrected chi connectivity index (χ4v) is 2.85. The summed E-state index contributed by atoms with van der Waals surface area (Å²) in [5, 5.41) is 17.5. The summed E-state index contributed by atoms with van der Waals surface area (Å²) in [5.74, 6) is 0.723. The van der Waals surface area contributed by atoms with Gasteiger partial charge in [-0.25, -0.2) is 0 Å². The molecule has 0 aliphatic carbocycles. The molecule has 0 spiro atoms. The summed E-state index contributed by atoms with van der Waals surface area (Å²) in [6.45, 7) is 4.13. The number of hydrazone groups is 1. The maximum Gasteiger partial charge on any atom is 0.176 e. The van der Waals surface area contributed by atoms with Gasteiger partial charge in [-0.05, 0) is 62.4 Å². The van der Waals surface area contributed by atoms with E-state index in [-0.39, 0.29) is 0 Å². The van der Waals surface area contributed by atoms with E-state index in [1.165, 1.54) is 11.1 Å². The summed E-state index contributed by atoms with van der Waals surface area (Å²) in [4.78, 5) is 0. The Morgan fingerprint density at radius 1 is 0.778 bits per heavy atom. The number of hydrazine groups is 2. The third-order valence-corrected chi connectivity index (χ3v) is 4.43. The fourth-order valence-electron chi connectivity index (χ4n) is 2.85. The largest absolute Gasteiger partial charge is 0.259 e. The second-order valence-corrected chi connectivity index (χ2v) is 6.52. The lowest BCUT2D eigenvalue weighted by Gasteiger charge is -2.28. The molecule has 0 saturated carbocycles. The molecule has 0 unspecified atom stereocenters. The highest BCUT2D eigenvalue weighted by Gasteiger charge is 2.26. The van der Waals surface area contributed by atoms with E-state index in [4.69, 9.17) is 10.4 Å². The monoisotopic (exact) mass is 353 g/mol. The van der Waals surface area contributed by atoms with E-state index >= 15 is 0 Å². The first-order valence-corrected chi connectivity index (χ1v) is 8.73. The Labute approximate surface area is 158 Å².